The second-order valence-electron chi connectivity index (χ2n) is 6.90. The van der Waals surface area contributed by atoms with Gasteiger partial charge in [0.15, 0.2) is 0 Å². The Labute approximate surface area is 177 Å². The Morgan fingerprint density at radius 3 is 2.45 bits per heavy atom. The minimum atomic E-state index is -4.43. The van der Waals surface area contributed by atoms with Gasteiger partial charge < -0.3 is 19.1 Å². The largest absolute Gasteiger partial charge is 0.493 e. The predicted octanol–water partition coefficient (Wildman–Crippen LogP) is 4.21. The van der Waals surface area contributed by atoms with Crippen molar-refractivity contribution in [2.24, 2.45) is 0 Å². The van der Waals surface area contributed by atoms with Crippen molar-refractivity contribution in [3.8, 4) is 5.75 Å². The number of carbonyl (C=O) groups is 2. The van der Waals surface area contributed by atoms with Crippen LogP contribution in [0.4, 0.5) is 18.9 Å². The van der Waals surface area contributed by atoms with Crippen LogP contribution in [-0.4, -0.2) is 38.8 Å². The first kappa shape index (κ1) is 22.6. The second kappa shape index (κ2) is 9.82. The van der Waals surface area contributed by atoms with Gasteiger partial charge in [0.25, 0.3) is 5.91 Å². The van der Waals surface area contributed by atoms with Gasteiger partial charge in [0, 0.05) is 23.4 Å². The third-order valence-electron chi connectivity index (χ3n) is 4.82. The van der Waals surface area contributed by atoms with Crippen LogP contribution in [0.3, 0.4) is 0 Å². The standard InChI is InChI=1S/C22H22F3NO5/c1-29-20(27)14-30-11-2-3-12-31-19-6-4-5-17-18(19)13-26(21(17)28)16-9-7-15(8-10-16)22(23,24)25/h4-10H,2-3,11-14H2,1H3. The van der Waals surface area contributed by atoms with Crippen molar-refractivity contribution in [3.63, 3.8) is 0 Å². The molecule has 1 amide bonds. The molecule has 0 unspecified atom stereocenters. The summed E-state index contributed by atoms with van der Waals surface area (Å²) < 4.78 is 53.8. The van der Waals surface area contributed by atoms with E-state index in [9.17, 15) is 22.8 Å². The molecule has 0 N–H and O–H groups in total. The van der Waals surface area contributed by atoms with Gasteiger partial charge >= 0.3 is 12.1 Å². The highest BCUT2D eigenvalue weighted by molar-refractivity contribution is 6.10. The first-order valence-corrected chi connectivity index (χ1v) is 9.69. The number of unbranched alkanes of at least 4 members (excludes halogenated alkanes) is 1. The highest BCUT2D eigenvalue weighted by Gasteiger charge is 2.33. The number of benzene rings is 2. The number of anilines is 1. The Bertz CT molecular complexity index is 928. The van der Waals surface area contributed by atoms with Gasteiger partial charge in [0.2, 0.25) is 0 Å². The van der Waals surface area contributed by atoms with Gasteiger partial charge in [-0.2, -0.15) is 13.2 Å². The molecule has 6 nitrogen and oxygen atoms in total. The van der Waals surface area contributed by atoms with Gasteiger partial charge in [0.05, 0.1) is 25.8 Å². The van der Waals surface area contributed by atoms with E-state index in [4.69, 9.17) is 9.47 Å². The van der Waals surface area contributed by atoms with Crippen LogP contribution >= 0.6 is 0 Å². The number of esters is 1. The number of fused-ring (bicyclic) bond motifs is 1. The fraction of sp³-hybridized carbons (Fsp3) is 0.364. The zero-order valence-corrected chi connectivity index (χ0v) is 16.9. The zero-order chi connectivity index (χ0) is 22.4. The summed E-state index contributed by atoms with van der Waals surface area (Å²) in [6, 6.07) is 9.66. The van der Waals surface area contributed by atoms with E-state index in [-0.39, 0.29) is 19.1 Å². The number of hydrogen-bond donors (Lipinski definition) is 0. The summed E-state index contributed by atoms with van der Waals surface area (Å²) in [5.41, 5.74) is 0.802. The maximum atomic E-state index is 12.8. The molecule has 1 heterocycles. The van der Waals surface area contributed by atoms with E-state index in [1.807, 2.05) is 0 Å². The van der Waals surface area contributed by atoms with Gasteiger partial charge in [-0.3, -0.25) is 4.79 Å². The van der Waals surface area contributed by atoms with Crippen molar-refractivity contribution in [2.75, 3.05) is 31.8 Å². The molecule has 2 aromatic carbocycles. The van der Waals surface area contributed by atoms with Crippen molar-refractivity contribution < 1.29 is 37.0 Å². The van der Waals surface area contributed by atoms with Crippen LogP contribution in [0, 0.1) is 0 Å². The van der Waals surface area contributed by atoms with E-state index in [2.05, 4.69) is 4.74 Å². The molecule has 2 aromatic rings. The lowest BCUT2D eigenvalue weighted by Gasteiger charge is -2.17. The average molecular weight is 437 g/mol. The number of carbonyl (C=O) groups excluding carboxylic acids is 2. The van der Waals surface area contributed by atoms with Crippen molar-refractivity contribution in [3.05, 3.63) is 59.2 Å². The normalized spacial score (nSPS) is 13.3. The van der Waals surface area contributed by atoms with Gasteiger partial charge in [-0.25, -0.2) is 4.79 Å². The fourth-order valence-electron chi connectivity index (χ4n) is 3.18. The molecule has 0 saturated heterocycles. The Morgan fingerprint density at radius 1 is 1.06 bits per heavy atom. The topological polar surface area (TPSA) is 65.1 Å². The summed E-state index contributed by atoms with van der Waals surface area (Å²) in [5.74, 6) is -0.148. The molecule has 0 bridgehead atoms. The van der Waals surface area contributed by atoms with E-state index in [0.29, 0.717) is 48.6 Å². The number of alkyl halides is 3. The van der Waals surface area contributed by atoms with Crippen LogP contribution in [0.15, 0.2) is 42.5 Å². The zero-order valence-electron chi connectivity index (χ0n) is 16.9. The molecule has 0 aliphatic carbocycles. The monoisotopic (exact) mass is 437 g/mol. The van der Waals surface area contributed by atoms with Crippen molar-refractivity contribution in [1.29, 1.82) is 0 Å². The summed E-state index contributed by atoms with van der Waals surface area (Å²) in [6.45, 7) is 0.918. The van der Waals surface area contributed by atoms with Crippen LogP contribution in [0.25, 0.3) is 0 Å². The molecule has 9 heteroatoms. The minimum absolute atomic E-state index is 0.0918. The maximum absolute atomic E-state index is 12.8. The lowest BCUT2D eigenvalue weighted by molar-refractivity contribution is -0.146. The number of hydrogen-bond acceptors (Lipinski definition) is 5. The molecule has 0 radical (unpaired) electrons. The molecule has 3 rings (SSSR count). The summed E-state index contributed by atoms with van der Waals surface area (Å²) in [4.78, 5) is 25.1. The second-order valence-corrected chi connectivity index (χ2v) is 6.90. The van der Waals surface area contributed by atoms with Crippen molar-refractivity contribution in [1.82, 2.24) is 0 Å². The number of halogens is 3. The van der Waals surface area contributed by atoms with Crippen molar-refractivity contribution in [2.45, 2.75) is 25.6 Å². The quantitative estimate of drug-likeness (QED) is 0.434. The number of nitrogens with zero attached hydrogens (tertiary/aromatic N) is 1. The molecular formula is C22H22F3NO5. The molecule has 0 saturated carbocycles. The van der Waals surface area contributed by atoms with Gasteiger partial charge in [-0.05, 0) is 49.2 Å². The third kappa shape index (κ3) is 5.55. The third-order valence-corrected chi connectivity index (χ3v) is 4.82. The van der Waals surface area contributed by atoms with E-state index in [0.717, 1.165) is 12.1 Å². The summed E-state index contributed by atoms with van der Waals surface area (Å²) >= 11 is 0. The number of ether oxygens (including phenoxy) is 3. The van der Waals surface area contributed by atoms with E-state index >= 15 is 0 Å². The average Bonchev–Trinajstić information content (AvgIpc) is 3.09. The number of amides is 1. The molecular weight excluding hydrogens is 415 g/mol. The molecule has 0 fully saturated rings. The highest BCUT2D eigenvalue weighted by atomic mass is 19.4. The molecule has 1 aliphatic rings. The maximum Gasteiger partial charge on any atom is 0.416 e. The van der Waals surface area contributed by atoms with Gasteiger partial charge in [-0.1, -0.05) is 6.07 Å². The summed E-state index contributed by atoms with van der Waals surface area (Å²) in [6.07, 6.45) is -3.06. The Morgan fingerprint density at radius 2 is 1.77 bits per heavy atom. The van der Waals surface area contributed by atoms with Crippen LogP contribution < -0.4 is 9.64 Å². The van der Waals surface area contributed by atoms with Crippen molar-refractivity contribution >= 4 is 17.6 Å². The minimum Gasteiger partial charge on any atom is -0.493 e. The molecule has 0 aromatic heterocycles. The number of methoxy groups -OCH3 is 1. The lowest BCUT2D eigenvalue weighted by atomic mass is 10.1. The van der Waals surface area contributed by atoms with Crippen LogP contribution in [0.1, 0.15) is 34.3 Å². The first-order chi connectivity index (χ1) is 14.8. The molecule has 0 spiro atoms. The SMILES string of the molecule is COC(=O)COCCCCOc1cccc2c1CN(c1ccc(C(F)(F)F)cc1)C2=O. The molecule has 31 heavy (non-hydrogen) atoms. The van der Waals surface area contributed by atoms with E-state index in [1.165, 1.54) is 24.1 Å². The van der Waals surface area contributed by atoms with Crippen LogP contribution in [0.2, 0.25) is 0 Å². The van der Waals surface area contributed by atoms with Crippen LogP contribution in [-0.2, 0) is 27.0 Å². The van der Waals surface area contributed by atoms with E-state index < -0.39 is 17.7 Å². The Balaban J connectivity index is 1.57. The van der Waals surface area contributed by atoms with E-state index in [1.54, 1.807) is 18.2 Å². The van der Waals surface area contributed by atoms with Crippen LogP contribution in [0.5, 0.6) is 5.75 Å². The first-order valence-electron chi connectivity index (χ1n) is 9.69. The fourth-order valence-corrected chi connectivity index (χ4v) is 3.18. The smallest absolute Gasteiger partial charge is 0.416 e. The number of rotatable bonds is 9. The molecule has 0 atom stereocenters. The lowest BCUT2D eigenvalue weighted by Crippen LogP contribution is -2.23. The Kier molecular flexibility index (Phi) is 7.17. The van der Waals surface area contributed by atoms with Gasteiger partial charge in [-0.15, -0.1) is 0 Å². The molecule has 166 valence electrons. The highest BCUT2D eigenvalue weighted by Crippen LogP contribution is 2.36. The Hall–Kier alpha value is -3.07. The molecule has 1 aliphatic heterocycles. The summed E-state index contributed by atoms with van der Waals surface area (Å²) in [7, 11) is 1.29. The summed E-state index contributed by atoms with van der Waals surface area (Å²) in [5, 5.41) is 0. The van der Waals surface area contributed by atoms with Gasteiger partial charge in [0.1, 0.15) is 12.4 Å². The predicted molar refractivity (Wildman–Crippen MR) is 106 cm³/mol.